The molecule has 1 saturated carbocycles. The molecule has 1 aliphatic carbocycles. The van der Waals surface area contributed by atoms with Gasteiger partial charge in [-0.25, -0.2) is 4.79 Å². The van der Waals surface area contributed by atoms with Crippen molar-refractivity contribution in [1.82, 2.24) is 10.6 Å². The number of carboxylic acids is 1. The normalized spacial score (nSPS) is 27.7. The molecular weight excluding hydrogens is 244 g/mol. The van der Waals surface area contributed by atoms with Crippen molar-refractivity contribution in [3.05, 3.63) is 0 Å². The van der Waals surface area contributed by atoms with Crippen LogP contribution in [0.4, 0.5) is 4.79 Å². The Morgan fingerprint density at radius 2 is 1.84 bits per heavy atom. The fraction of sp³-hybridized carbons (Fsp3) is 0.857. The van der Waals surface area contributed by atoms with Gasteiger partial charge in [-0.05, 0) is 44.9 Å². The second-order valence-corrected chi connectivity index (χ2v) is 6.52. The maximum atomic E-state index is 11.9. The molecule has 1 aliphatic rings. The van der Waals surface area contributed by atoms with Gasteiger partial charge in [0, 0.05) is 11.6 Å². The molecule has 1 rings (SSSR count). The third-order valence-electron chi connectivity index (χ3n) is 3.98. The SMILES string of the molecule is CC1CCC(NC(=O)NC(C)(C)CC(=O)O)CC1C. The molecule has 0 saturated heterocycles. The summed E-state index contributed by atoms with van der Waals surface area (Å²) in [6.07, 6.45) is 3.04. The Labute approximate surface area is 115 Å². The number of rotatable bonds is 4. The van der Waals surface area contributed by atoms with Crippen molar-refractivity contribution in [2.75, 3.05) is 0 Å². The summed E-state index contributed by atoms with van der Waals surface area (Å²) in [5.41, 5.74) is -0.733. The van der Waals surface area contributed by atoms with Gasteiger partial charge < -0.3 is 15.7 Å². The highest BCUT2D eigenvalue weighted by Crippen LogP contribution is 2.29. The highest BCUT2D eigenvalue weighted by molar-refractivity contribution is 5.76. The summed E-state index contributed by atoms with van der Waals surface area (Å²) in [6, 6.07) is -0.0650. The molecule has 5 heteroatoms. The first-order valence-corrected chi connectivity index (χ1v) is 7.00. The van der Waals surface area contributed by atoms with Crippen molar-refractivity contribution in [2.45, 2.75) is 65.0 Å². The standard InChI is InChI=1S/C14H26N2O3/c1-9-5-6-11(7-10(9)2)15-13(19)16-14(3,4)8-12(17)18/h9-11H,5-8H2,1-4H3,(H,17,18)(H2,15,16,19). The van der Waals surface area contributed by atoms with E-state index in [9.17, 15) is 9.59 Å². The van der Waals surface area contributed by atoms with Gasteiger partial charge in [0.1, 0.15) is 0 Å². The molecule has 5 nitrogen and oxygen atoms in total. The highest BCUT2D eigenvalue weighted by Gasteiger charge is 2.28. The summed E-state index contributed by atoms with van der Waals surface area (Å²) in [6.45, 7) is 7.89. The van der Waals surface area contributed by atoms with Crippen molar-refractivity contribution in [3.8, 4) is 0 Å². The van der Waals surface area contributed by atoms with Crippen LogP contribution in [0.3, 0.4) is 0 Å². The van der Waals surface area contributed by atoms with Gasteiger partial charge >= 0.3 is 12.0 Å². The van der Waals surface area contributed by atoms with E-state index < -0.39 is 11.5 Å². The lowest BCUT2D eigenvalue weighted by atomic mass is 9.79. The van der Waals surface area contributed by atoms with Crippen LogP contribution in [0.5, 0.6) is 0 Å². The fourth-order valence-electron chi connectivity index (χ4n) is 2.63. The maximum Gasteiger partial charge on any atom is 0.315 e. The molecule has 0 aromatic rings. The monoisotopic (exact) mass is 270 g/mol. The molecule has 0 spiro atoms. The summed E-state index contributed by atoms with van der Waals surface area (Å²) in [7, 11) is 0. The summed E-state index contributed by atoms with van der Waals surface area (Å²) in [5, 5.41) is 14.5. The smallest absolute Gasteiger partial charge is 0.315 e. The Hall–Kier alpha value is -1.26. The molecule has 0 heterocycles. The summed E-state index contributed by atoms with van der Waals surface area (Å²) in [4.78, 5) is 22.6. The van der Waals surface area contributed by atoms with Crippen LogP contribution in [0.1, 0.15) is 53.4 Å². The number of urea groups is 1. The number of carbonyl (C=O) groups is 2. The van der Waals surface area contributed by atoms with Crippen LogP contribution in [0, 0.1) is 11.8 Å². The van der Waals surface area contributed by atoms with Crippen LogP contribution < -0.4 is 10.6 Å². The lowest BCUT2D eigenvalue weighted by Crippen LogP contribution is -2.52. The Morgan fingerprint density at radius 1 is 1.21 bits per heavy atom. The summed E-state index contributed by atoms with van der Waals surface area (Å²) >= 11 is 0. The second-order valence-electron chi connectivity index (χ2n) is 6.52. The van der Waals surface area contributed by atoms with Gasteiger partial charge in [-0.2, -0.15) is 0 Å². The quantitative estimate of drug-likeness (QED) is 0.733. The molecule has 3 atom stereocenters. The fourth-order valence-corrected chi connectivity index (χ4v) is 2.63. The Balaban J connectivity index is 2.41. The Morgan fingerprint density at radius 3 is 2.37 bits per heavy atom. The number of carbonyl (C=O) groups excluding carboxylic acids is 1. The van der Waals surface area contributed by atoms with Crippen LogP contribution in [0.2, 0.25) is 0 Å². The number of hydrogen-bond donors (Lipinski definition) is 3. The number of aliphatic carboxylic acids is 1. The molecule has 0 aliphatic heterocycles. The Kier molecular flexibility index (Phi) is 5.20. The van der Waals surface area contributed by atoms with E-state index in [0.29, 0.717) is 11.8 Å². The van der Waals surface area contributed by atoms with Crippen LogP contribution >= 0.6 is 0 Å². The van der Waals surface area contributed by atoms with Crippen LogP contribution in [0.25, 0.3) is 0 Å². The van der Waals surface area contributed by atoms with Crippen LogP contribution in [-0.4, -0.2) is 28.7 Å². The van der Waals surface area contributed by atoms with E-state index in [1.54, 1.807) is 13.8 Å². The molecule has 3 N–H and O–H groups in total. The van der Waals surface area contributed by atoms with Crippen molar-refractivity contribution in [3.63, 3.8) is 0 Å². The highest BCUT2D eigenvalue weighted by atomic mass is 16.4. The predicted octanol–water partition coefficient (Wildman–Crippen LogP) is 2.36. The summed E-state index contributed by atoms with van der Waals surface area (Å²) in [5.74, 6) is 0.418. The van der Waals surface area contributed by atoms with Crippen molar-refractivity contribution in [2.24, 2.45) is 11.8 Å². The average Bonchev–Trinajstić information content (AvgIpc) is 2.20. The molecule has 1 fully saturated rings. The van der Waals surface area contributed by atoms with Crippen molar-refractivity contribution >= 4 is 12.0 Å². The van der Waals surface area contributed by atoms with Crippen LogP contribution in [-0.2, 0) is 4.79 Å². The van der Waals surface area contributed by atoms with Crippen molar-refractivity contribution in [1.29, 1.82) is 0 Å². The first-order valence-electron chi connectivity index (χ1n) is 7.00. The van der Waals surface area contributed by atoms with E-state index in [4.69, 9.17) is 5.11 Å². The van der Waals surface area contributed by atoms with Gasteiger partial charge in [0.25, 0.3) is 0 Å². The minimum absolute atomic E-state index is 0.0848. The van der Waals surface area contributed by atoms with Gasteiger partial charge in [0.2, 0.25) is 0 Å². The van der Waals surface area contributed by atoms with Gasteiger partial charge in [-0.15, -0.1) is 0 Å². The minimum atomic E-state index is -0.912. The molecule has 19 heavy (non-hydrogen) atoms. The number of carboxylic acid groups (broad SMARTS) is 1. The van der Waals surface area contributed by atoms with Gasteiger partial charge in [-0.3, -0.25) is 4.79 Å². The lowest BCUT2D eigenvalue weighted by molar-refractivity contribution is -0.138. The molecule has 110 valence electrons. The zero-order valence-electron chi connectivity index (χ0n) is 12.3. The van der Waals surface area contributed by atoms with Gasteiger partial charge in [-0.1, -0.05) is 13.8 Å². The van der Waals surface area contributed by atoms with Crippen molar-refractivity contribution < 1.29 is 14.7 Å². The van der Waals surface area contributed by atoms with E-state index in [-0.39, 0.29) is 18.5 Å². The van der Waals surface area contributed by atoms with E-state index >= 15 is 0 Å². The lowest BCUT2D eigenvalue weighted by Gasteiger charge is -2.33. The zero-order valence-corrected chi connectivity index (χ0v) is 12.3. The largest absolute Gasteiger partial charge is 0.481 e. The molecule has 0 radical (unpaired) electrons. The third-order valence-corrected chi connectivity index (χ3v) is 3.98. The van der Waals surface area contributed by atoms with Crippen LogP contribution in [0.15, 0.2) is 0 Å². The zero-order chi connectivity index (χ0) is 14.6. The third kappa shape index (κ3) is 5.49. The molecular formula is C14H26N2O3. The number of hydrogen-bond acceptors (Lipinski definition) is 2. The molecule has 0 aromatic carbocycles. The topological polar surface area (TPSA) is 78.4 Å². The molecule has 0 aromatic heterocycles. The van der Waals surface area contributed by atoms with Gasteiger partial charge in [0.15, 0.2) is 0 Å². The van der Waals surface area contributed by atoms with E-state index in [1.165, 1.54) is 0 Å². The maximum absolute atomic E-state index is 11.9. The molecule has 0 bridgehead atoms. The number of nitrogens with one attached hydrogen (secondary N) is 2. The van der Waals surface area contributed by atoms with E-state index in [2.05, 4.69) is 24.5 Å². The first-order chi connectivity index (χ1) is 8.69. The Bertz CT molecular complexity index is 342. The second kappa shape index (κ2) is 6.26. The molecule has 2 amide bonds. The van der Waals surface area contributed by atoms with E-state index in [0.717, 1.165) is 19.3 Å². The van der Waals surface area contributed by atoms with E-state index in [1.807, 2.05) is 0 Å². The number of amides is 2. The predicted molar refractivity (Wildman–Crippen MR) is 74.0 cm³/mol. The van der Waals surface area contributed by atoms with Gasteiger partial charge in [0.05, 0.1) is 6.42 Å². The molecule has 3 unspecified atom stereocenters. The average molecular weight is 270 g/mol. The minimum Gasteiger partial charge on any atom is -0.481 e. The first kappa shape index (κ1) is 15.8. The summed E-state index contributed by atoms with van der Waals surface area (Å²) < 4.78 is 0.